The Bertz CT molecular complexity index is 1090. The number of anilines is 2. The Morgan fingerprint density at radius 1 is 0.926 bits per heavy atom. The van der Waals surface area contributed by atoms with Crippen molar-refractivity contribution in [1.29, 1.82) is 0 Å². The van der Waals surface area contributed by atoms with Crippen molar-refractivity contribution in [3.05, 3.63) is 71.8 Å². The second-order valence-corrected chi connectivity index (χ2v) is 8.53. The van der Waals surface area contributed by atoms with Gasteiger partial charge in [-0.3, -0.25) is 9.10 Å². The molecule has 0 aliphatic heterocycles. The number of sulfonamides is 1. The zero-order chi connectivity index (χ0) is 19.6. The molecule has 140 valence electrons. The first kappa shape index (κ1) is 18.9. The number of amides is 1. The van der Waals surface area contributed by atoms with E-state index in [1.54, 1.807) is 0 Å². The molecule has 0 aliphatic rings. The Kier molecular flexibility index (Phi) is 5.19. The lowest BCUT2D eigenvalue weighted by Gasteiger charge is -2.25. The van der Waals surface area contributed by atoms with Gasteiger partial charge in [0.25, 0.3) is 0 Å². The number of hydrogen-bond acceptors (Lipinski definition) is 3. The van der Waals surface area contributed by atoms with Gasteiger partial charge in [0.15, 0.2) is 0 Å². The average Bonchev–Trinajstić information content (AvgIpc) is 2.59. The van der Waals surface area contributed by atoms with Crippen LogP contribution in [0.25, 0.3) is 10.8 Å². The highest BCUT2D eigenvalue weighted by Gasteiger charge is 2.23. The number of carbonyl (C=O) groups is 1. The van der Waals surface area contributed by atoms with E-state index in [1.165, 1.54) is 0 Å². The largest absolute Gasteiger partial charge is 0.324 e. The van der Waals surface area contributed by atoms with Crippen molar-refractivity contribution in [3.8, 4) is 0 Å². The Labute approximate surface area is 159 Å². The Morgan fingerprint density at radius 3 is 2.19 bits per heavy atom. The fourth-order valence-electron chi connectivity index (χ4n) is 3.16. The van der Waals surface area contributed by atoms with E-state index in [4.69, 9.17) is 0 Å². The van der Waals surface area contributed by atoms with Crippen molar-refractivity contribution < 1.29 is 13.2 Å². The minimum atomic E-state index is -3.61. The molecule has 0 bridgehead atoms. The van der Waals surface area contributed by atoms with E-state index in [9.17, 15) is 13.2 Å². The Morgan fingerprint density at radius 2 is 1.56 bits per heavy atom. The summed E-state index contributed by atoms with van der Waals surface area (Å²) >= 11 is 0. The van der Waals surface area contributed by atoms with Crippen molar-refractivity contribution in [1.82, 2.24) is 0 Å². The lowest BCUT2D eigenvalue weighted by Crippen LogP contribution is -2.38. The van der Waals surface area contributed by atoms with E-state index in [0.29, 0.717) is 11.4 Å². The highest BCUT2D eigenvalue weighted by molar-refractivity contribution is 7.92. The standard InChI is InChI=1S/C21H22N2O3S/c1-15-7-6-8-16(2)21(15)23(27(3,25)26)14-20(24)22-19-12-11-17-9-4-5-10-18(17)13-19/h4-13H,14H2,1-3H3,(H,22,24). The number of nitrogens with zero attached hydrogens (tertiary/aromatic N) is 1. The van der Waals surface area contributed by atoms with Crippen LogP contribution in [0.3, 0.4) is 0 Å². The summed E-state index contributed by atoms with van der Waals surface area (Å²) in [6.45, 7) is 3.39. The zero-order valence-electron chi connectivity index (χ0n) is 15.6. The highest BCUT2D eigenvalue weighted by atomic mass is 32.2. The van der Waals surface area contributed by atoms with Crippen LogP contribution in [0.15, 0.2) is 60.7 Å². The number of rotatable bonds is 5. The second kappa shape index (κ2) is 7.40. The molecular weight excluding hydrogens is 360 g/mol. The van der Waals surface area contributed by atoms with Crippen LogP contribution in [-0.2, 0) is 14.8 Å². The van der Waals surface area contributed by atoms with Gasteiger partial charge < -0.3 is 5.32 Å². The molecule has 0 unspecified atom stereocenters. The van der Waals surface area contributed by atoms with Crippen LogP contribution in [-0.4, -0.2) is 27.1 Å². The zero-order valence-corrected chi connectivity index (χ0v) is 16.4. The van der Waals surface area contributed by atoms with Crippen molar-refractivity contribution in [2.45, 2.75) is 13.8 Å². The van der Waals surface area contributed by atoms with E-state index in [-0.39, 0.29) is 6.54 Å². The van der Waals surface area contributed by atoms with Crippen LogP contribution in [0.4, 0.5) is 11.4 Å². The summed E-state index contributed by atoms with van der Waals surface area (Å²) in [4.78, 5) is 12.6. The summed E-state index contributed by atoms with van der Waals surface area (Å²) in [6, 6.07) is 19.0. The predicted octanol–water partition coefficient (Wildman–Crippen LogP) is 3.86. The van der Waals surface area contributed by atoms with E-state index in [2.05, 4.69) is 5.32 Å². The summed E-state index contributed by atoms with van der Waals surface area (Å²) in [6.07, 6.45) is 1.11. The van der Waals surface area contributed by atoms with Crippen molar-refractivity contribution >= 4 is 38.1 Å². The summed E-state index contributed by atoms with van der Waals surface area (Å²) in [5.74, 6) is -0.390. The number of nitrogens with one attached hydrogen (secondary N) is 1. The molecule has 0 saturated carbocycles. The molecule has 0 atom stereocenters. The van der Waals surface area contributed by atoms with Crippen molar-refractivity contribution in [2.24, 2.45) is 0 Å². The van der Waals surface area contributed by atoms with Crippen LogP contribution in [0.2, 0.25) is 0 Å². The molecule has 0 radical (unpaired) electrons. The molecule has 0 spiro atoms. The molecule has 5 nitrogen and oxygen atoms in total. The van der Waals surface area contributed by atoms with Crippen LogP contribution in [0.1, 0.15) is 11.1 Å². The van der Waals surface area contributed by atoms with Crippen molar-refractivity contribution in [3.63, 3.8) is 0 Å². The topological polar surface area (TPSA) is 66.5 Å². The normalized spacial score (nSPS) is 11.4. The number of carbonyl (C=O) groups excluding carboxylic acids is 1. The first-order valence-electron chi connectivity index (χ1n) is 8.58. The van der Waals surface area contributed by atoms with Crippen LogP contribution in [0.5, 0.6) is 0 Å². The number of benzene rings is 3. The van der Waals surface area contributed by atoms with E-state index < -0.39 is 15.9 Å². The number of fused-ring (bicyclic) bond motifs is 1. The monoisotopic (exact) mass is 382 g/mol. The molecule has 1 amide bonds. The van der Waals surface area contributed by atoms with Gasteiger partial charge in [-0.2, -0.15) is 0 Å². The third kappa shape index (κ3) is 4.28. The highest BCUT2D eigenvalue weighted by Crippen LogP contribution is 2.27. The summed E-state index contributed by atoms with van der Waals surface area (Å²) in [7, 11) is -3.61. The fraction of sp³-hybridized carbons (Fsp3) is 0.190. The quantitative estimate of drug-likeness (QED) is 0.729. The van der Waals surface area contributed by atoms with Gasteiger partial charge in [-0.1, -0.05) is 48.5 Å². The smallest absolute Gasteiger partial charge is 0.245 e. The summed E-state index contributed by atoms with van der Waals surface area (Å²) in [5.41, 5.74) is 2.79. The molecule has 3 aromatic carbocycles. The molecular formula is C21H22N2O3S. The van der Waals surface area contributed by atoms with E-state index >= 15 is 0 Å². The third-order valence-electron chi connectivity index (χ3n) is 4.41. The van der Waals surface area contributed by atoms with Crippen LogP contribution in [0, 0.1) is 13.8 Å². The average molecular weight is 382 g/mol. The molecule has 3 rings (SSSR count). The number of hydrogen-bond donors (Lipinski definition) is 1. The Balaban J connectivity index is 1.86. The molecule has 3 aromatic rings. The lowest BCUT2D eigenvalue weighted by atomic mass is 10.1. The molecule has 0 aliphatic carbocycles. The van der Waals surface area contributed by atoms with Gasteiger partial charge in [-0.05, 0) is 47.9 Å². The van der Waals surface area contributed by atoms with Gasteiger partial charge in [0, 0.05) is 5.69 Å². The molecule has 27 heavy (non-hydrogen) atoms. The molecule has 6 heteroatoms. The third-order valence-corrected chi connectivity index (χ3v) is 5.52. The molecule has 0 aromatic heterocycles. The molecule has 0 heterocycles. The first-order valence-corrected chi connectivity index (χ1v) is 10.4. The maximum Gasteiger partial charge on any atom is 0.245 e. The maximum absolute atomic E-state index is 12.6. The van der Waals surface area contributed by atoms with Gasteiger partial charge in [0.2, 0.25) is 15.9 Å². The van der Waals surface area contributed by atoms with Gasteiger partial charge >= 0.3 is 0 Å². The minimum Gasteiger partial charge on any atom is -0.324 e. The van der Waals surface area contributed by atoms with Gasteiger partial charge in [-0.25, -0.2) is 8.42 Å². The summed E-state index contributed by atoms with van der Waals surface area (Å²) in [5, 5.41) is 4.88. The van der Waals surface area contributed by atoms with Gasteiger partial charge in [0.1, 0.15) is 6.54 Å². The molecule has 1 N–H and O–H groups in total. The van der Waals surface area contributed by atoms with Gasteiger partial charge in [0.05, 0.1) is 11.9 Å². The van der Waals surface area contributed by atoms with Crippen LogP contribution < -0.4 is 9.62 Å². The minimum absolute atomic E-state index is 0.280. The fourth-order valence-corrected chi connectivity index (χ4v) is 4.13. The van der Waals surface area contributed by atoms with Crippen LogP contribution >= 0.6 is 0 Å². The molecule has 0 fully saturated rings. The van der Waals surface area contributed by atoms with E-state index in [0.717, 1.165) is 32.5 Å². The molecule has 0 saturated heterocycles. The number of para-hydroxylation sites is 1. The second-order valence-electron chi connectivity index (χ2n) is 6.62. The Hall–Kier alpha value is -2.86. The number of aryl methyl sites for hydroxylation is 2. The van der Waals surface area contributed by atoms with Gasteiger partial charge in [-0.15, -0.1) is 0 Å². The maximum atomic E-state index is 12.6. The SMILES string of the molecule is Cc1cccc(C)c1N(CC(=O)Nc1ccc2ccccc2c1)S(C)(=O)=O. The first-order chi connectivity index (χ1) is 12.8. The predicted molar refractivity (Wildman–Crippen MR) is 111 cm³/mol. The van der Waals surface area contributed by atoms with E-state index in [1.807, 2.05) is 74.5 Å². The van der Waals surface area contributed by atoms with Crippen molar-refractivity contribution in [2.75, 3.05) is 22.4 Å². The summed E-state index contributed by atoms with van der Waals surface area (Å²) < 4.78 is 25.9. The lowest BCUT2D eigenvalue weighted by molar-refractivity contribution is -0.114.